The van der Waals surface area contributed by atoms with Gasteiger partial charge in [-0.15, -0.1) is 0 Å². The second-order valence-corrected chi connectivity index (χ2v) is 11.2. The number of aromatic nitrogens is 2. The molecule has 192 valence electrons. The van der Waals surface area contributed by atoms with Gasteiger partial charge in [-0.3, -0.25) is 4.79 Å². The van der Waals surface area contributed by atoms with Gasteiger partial charge in [-0.25, -0.2) is 9.37 Å². The number of imidazole rings is 1. The van der Waals surface area contributed by atoms with Gasteiger partial charge in [0.2, 0.25) is 0 Å². The Labute approximate surface area is 223 Å². The van der Waals surface area contributed by atoms with Crippen molar-refractivity contribution in [3.63, 3.8) is 0 Å². The van der Waals surface area contributed by atoms with Crippen LogP contribution in [0.1, 0.15) is 47.2 Å². The third-order valence-corrected chi connectivity index (χ3v) is 7.89. The third kappa shape index (κ3) is 6.00. The van der Waals surface area contributed by atoms with Gasteiger partial charge in [0, 0.05) is 46.7 Å². The third-order valence-electron chi connectivity index (χ3n) is 7.04. The molecule has 1 N–H and O–H groups in total. The largest absolute Gasteiger partial charge is 0.392 e. The number of β-amino-alcohol motifs (C(OH)–C–C–N with tert-alkyl or cyclic N) is 1. The Kier molecular flexibility index (Phi) is 8.08. The van der Waals surface area contributed by atoms with E-state index in [4.69, 9.17) is 16.3 Å². The Bertz CT molecular complexity index is 1260. The smallest absolute Gasteiger partial charge is 0.188 e. The molecule has 2 aliphatic rings. The van der Waals surface area contributed by atoms with Gasteiger partial charge < -0.3 is 19.3 Å². The Balaban J connectivity index is 1.42. The number of Topliss-reactive ketones (excluding diaryl/α,β-unsaturated/α-hetero) is 1. The van der Waals surface area contributed by atoms with Crippen LogP contribution in [0.2, 0.25) is 5.02 Å². The fourth-order valence-corrected chi connectivity index (χ4v) is 5.55. The van der Waals surface area contributed by atoms with E-state index in [1.165, 1.54) is 0 Å². The van der Waals surface area contributed by atoms with Crippen LogP contribution in [0.5, 0.6) is 0 Å². The highest BCUT2D eigenvalue weighted by molar-refractivity contribution is 9.10. The van der Waals surface area contributed by atoms with Crippen LogP contribution in [0.15, 0.2) is 35.1 Å². The molecule has 0 amide bonds. The minimum absolute atomic E-state index is 0.0755. The summed E-state index contributed by atoms with van der Waals surface area (Å²) in [5, 5.41) is 10.2. The van der Waals surface area contributed by atoms with Crippen molar-refractivity contribution in [2.24, 2.45) is 5.92 Å². The first-order valence-electron chi connectivity index (χ1n) is 12.5. The van der Waals surface area contributed by atoms with Crippen LogP contribution >= 0.6 is 27.5 Å². The first-order chi connectivity index (χ1) is 17.4. The van der Waals surface area contributed by atoms with E-state index in [1.807, 2.05) is 16.7 Å². The highest BCUT2D eigenvalue weighted by atomic mass is 79.9. The number of ether oxygens (including phenoxy) is 1. The molecule has 36 heavy (non-hydrogen) atoms. The molecular formula is C27H30BrClFN3O3. The van der Waals surface area contributed by atoms with Crippen LogP contribution in [-0.2, 0) is 17.7 Å². The Hall–Kier alpha value is -1.84. The minimum atomic E-state index is -0.488. The zero-order valence-electron chi connectivity index (χ0n) is 20.1. The summed E-state index contributed by atoms with van der Waals surface area (Å²) in [7, 11) is 0. The number of carbonyl (C=O) groups is 1. The average Bonchev–Trinajstić information content (AvgIpc) is 3.44. The predicted octanol–water partition coefficient (Wildman–Crippen LogP) is 5.25. The molecule has 3 aromatic rings. The molecule has 5 rings (SSSR count). The molecule has 1 atom stereocenters. The summed E-state index contributed by atoms with van der Waals surface area (Å²) >= 11 is 9.83. The minimum Gasteiger partial charge on any atom is -0.392 e. The van der Waals surface area contributed by atoms with Gasteiger partial charge in [0.25, 0.3) is 0 Å². The van der Waals surface area contributed by atoms with Crippen molar-refractivity contribution < 1.29 is 19.0 Å². The summed E-state index contributed by atoms with van der Waals surface area (Å²) in [4.78, 5) is 19.8. The van der Waals surface area contributed by atoms with Gasteiger partial charge in [0.1, 0.15) is 12.1 Å². The van der Waals surface area contributed by atoms with Gasteiger partial charge in [0.05, 0.1) is 24.6 Å². The lowest BCUT2D eigenvalue weighted by Crippen LogP contribution is -2.24. The number of hydrogen-bond donors (Lipinski definition) is 1. The average molecular weight is 579 g/mol. The van der Waals surface area contributed by atoms with Gasteiger partial charge in [0.15, 0.2) is 11.6 Å². The molecule has 1 aromatic heterocycles. The second-order valence-electron chi connectivity index (χ2n) is 9.91. The maximum absolute atomic E-state index is 15.9. The van der Waals surface area contributed by atoms with Crippen LogP contribution in [0.4, 0.5) is 4.39 Å². The van der Waals surface area contributed by atoms with Crippen LogP contribution in [-0.4, -0.2) is 64.3 Å². The summed E-state index contributed by atoms with van der Waals surface area (Å²) in [6, 6.07) is 7.21. The number of hydrogen-bond acceptors (Lipinski definition) is 5. The summed E-state index contributed by atoms with van der Waals surface area (Å²) < 4.78 is 24.3. The summed E-state index contributed by atoms with van der Waals surface area (Å²) in [6.07, 6.45) is 5.49. The van der Waals surface area contributed by atoms with E-state index in [0.717, 1.165) is 48.8 Å². The van der Waals surface area contributed by atoms with E-state index in [9.17, 15) is 9.90 Å². The molecule has 2 fully saturated rings. The number of halogens is 3. The number of rotatable bonds is 11. The normalized spacial score (nSPS) is 18.4. The maximum Gasteiger partial charge on any atom is 0.188 e. The van der Waals surface area contributed by atoms with Gasteiger partial charge in [-0.05, 0) is 61.9 Å². The molecule has 9 heteroatoms. The van der Waals surface area contributed by atoms with Crippen molar-refractivity contribution >= 4 is 44.3 Å². The number of aliphatic hydroxyl groups is 1. The first-order valence-corrected chi connectivity index (χ1v) is 13.7. The molecule has 1 saturated heterocycles. The standard InChI is InChI=1S/C27H30BrClFN3O3/c28-19-5-4-18(23(29)11-19)10-22-21(25(35)15-36-14-17-2-3-17)12-24-27(26(22)30)31-16-33(24)8-1-7-32-9-6-20(34)13-32/h4-5,11-12,16-17,20,34H,1-3,6-10,13-15H2. The maximum atomic E-state index is 15.9. The van der Waals surface area contributed by atoms with Crippen LogP contribution < -0.4 is 0 Å². The Morgan fingerprint density at radius 2 is 2.08 bits per heavy atom. The molecule has 0 spiro atoms. The highest BCUT2D eigenvalue weighted by Gasteiger charge is 2.25. The molecule has 2 aromatic carbocycles. The number of aryl methyl sites for hydroxylation is 1. The predicted molar refractivity (Wildman–Crippen MR) is 141 cm³/mol. The number of nitrogens with zero attached hydrogens (tertiary/aromatic N) is 3. The van der Waals surface area contributed by atoms with Gasteiger partial charge >= 0.3 is 0 Å². The molecule has 1 saturated carbocycles. The van der Waals surface area contributed by atoms with E-state index in [-0.39, 0.29) is 30.4 Å². The fraction of sp³-hybridized carbons (Fsp3) is 0.481. The topological polar surface area (TPSA) is 67.6 Å². The fourth-order valence-electron chi connectivity index (χ4n) is 4.81. The van der Waals surface area contributed by atoms with Crippen molar-refractivity contribution in [3.8, 4) is 0 Å². The quantitative estimate of drug-likeness (QED) is 0.315. The highest BCUT2D eigenvalue weighted by Crippen LogP contribution is 2.31. The van der Waals surface area contributed by atoms with Crippen molar-refractivity contribution in [2.45, 2.75) is 44.8 Å². The molecule has 1 unspecified atom stereocenters. The molecular weight excluding hydrogens is 549 g/mol. The van der Waals surface area contributed by atoms with Crippen molar-refractivity contribution in [3.05, 3.63) is 62.6 Å². The lowest BCUT2D eigenvalue weighted by Gasteiger charge is -2.16. The van der Waals surface area contributed by atoms with E-state index < -0.39 is 5.82 Å². The first kappa shape index (κ1) is 25.8. The molecule has 0 bridgehead atoms. The van der Waals surface area contributed by atoms with Crippen molar-refractivity contribution in [1.29, 1.82) is 0 Å². The van der Waals surface area contributed by atoms with E-state index in [2.05, 4.69) is 25.8 Å². The van der Waals surface area contributed by atoms with E-state index in [0.29, 0.717) is 47.3 Å². The zero-order chi connectivity index (χ0) is 25.2. The Morgan fingerprint density at radius 1 is 1.25 bits per heavy atom. The molecule has 0 radical (unpaired) electrons. The van der Waals surface area contributed by atoms with E-state index >= 15 is 4.39 Å². The van der Waals surface area contributed by atoms with E-state index in [1.54, 1.807) is 18.5 Å². The second kappa shape index (κ2) is 11.3. The molecule has 1 aliphatic heterocycles. The van der Waals surface area contributed by atoms with Crippen LogP contribution in [0.3, 0.4) is 0 Å². The molecule has 2 heterocycles. The zero-order valence-corrected chi connectivity index (χ0v) is 22.4. The van der Waals surface area contributed by atoms with Gasteiger partial charge in [-0.1, -0.05) is 33.6 Å². The lowest BCUT2D eigenvalue weighted by molar-refractivity contribution is 0.0738. The summed E-state index contributed by atoms with van der Waals surface area (Å²) in [5.41, 5.74) is 2.20. The van der Waals surface area contributed by atoms with Crippen molar-refractivity contribution in [1.82, 2.24) is 14.5 Å². The lowest BCUT2D eigenvalue weighted by atomic mass is 9.95. The number of fused-ring (bicyclic) bond motifs is 1. The SMILES string of the molecule is O=C(COCC1CC1)c1cc2c(ncn2CCCN2CCC(O)C2)c(F)c1Cc1ccc(Br)cc1Cl. The Morgan fingerprint density at radius 3 is 2.81 bits per heavy atom. The van der Waals surface area contributed by atoms with Crippen molar-refractivity contribution in [2.75, 3.05) is 32.8 Å². The summed E-state index contributed by atoms with van der Waals surface area (Å²) in [6.45, 7) is 3.57. The molecule has 1 aliphatic carbocycles. The number of likely N-dealkylation sites (tertiary alicyclic amines) is 1. The van der Waals surface area contributed by atoms with Gasteiger partial charge in [-0.2, -0.15) is 0 Å². The van der Waals surface area contributed by atoms with Crippen LogP contribution in [0, 0.1) is 11.7 Å². The monoisotopic (exact) mass is 577 g/mol. The molecule has 6 nitrogen and oxygen atoms in total. The number of carbonyl (C=O) groups excluding carboxylic acids is 1. The number of ketones is 1. The number of aliphatic hydroxyl groups excluding tert-OH is 1. The number of benzene rings is 2. The summed E-state index contributed by atoms with van der Waals surface area (Å²) in [5.74, 6) is -0.187. The van der Waals surface area contributed by atoms with Crippen LogP contribution in [0.25, 0.3) is 11.0 Å².